The maximum Gasteiger partial charge on any atom is 0.270 e. The van der Waals surface area contributed by atoms with E-state index in [0.717, 1.165) is 34.7 Å². The minimum Gasteiger partial charge on any atom is -0.309 e. The van der Waals surface area contributed by atoms with Crippen molar-refractivity contribution >= 4 is 67.9 Å². The van der Waals surface area contributed by atoms with Gasteiger partial charge in [0.25, 0.3) is 5.91 Å². The molecule has 0 bridgehead atoms. The van der Waals surface area contributed by atoms with Crippen LogP contribution in [-0.2, 0) is 6.42 Å². The summed E-state index contributed by atoms with van der Waals surface area (Å²) in [7, 11) is 4.07. The van der Waals surface area contributed by atoms with Crippen LogP contribution in [0.5, 0.6) is 0 Å². The van der Waals surface area contributed by atoms with Crippen molar-refractivity contribution < 1.29 is 4.79 Å². The molecule has 0 atom stereocenters. The average molecular weight is 444 g/mol. The van der Waals surface area contributed by atoms with E-state index in [4.69, 9.17) is 16.6 Å². The van der Waals surface area contributed by atoms with Crippen molar-refractivity contribution in [2.45, 2.75) is 19.8 Å². The SMILES string of the molecule is CCc1ccc2nc(N(CCCN(C)C)C(=O)c3ccc(Cl)s3)sc2c1.Cl. The minimum atomic E-state index is -0.0320. The summed E-state index contributed by atoms with van der Waals surface area (Å²) in [5.41, 5.74) is 2.22. The molecule has 3 rings (SSSR count). The number of thiophene rings is 1. The van der Waals surface area contributed by atoms with Crippen molar-refractivity contribution in [2.24, 2.45) is 0 Å². The molecule has 0 aliphatic rings. The van der Waals surface area contributed by atoms with Crippen LogP contribution >= 0.6 is 46.7 Å². The van der Waals surface area contributed by atoms with E-state index >= 15 is 0 Å². The number of hydrogen-bond donors (Lipinski definition) is 0. The van der Waals surface area contributed by atoms with Crippen molar-refractivity contribution in [3.63, 3.8) is 0 Å². The van der Waals surface area contributed by atoms with Crippen LogP contribution in [0.15, 0.2) is 30.3 Å². The third kappa shape index (κ3) is 5.42. The first-order valence-corrected chi connectivity index (χ1v) is 10.6. The molecule has 2 heterocycles. The fraction of sp³-hybridized carbons (Fsp3) is 0.368. The van der Waals surface area contributed by atoms with Crippen LogP contribution in [0, 0.1) is 0 Å². The lowest BCUT2D eigenvalue weighted by molar-refractivity contribution is 0.0990. The van der Waals surface area contributed by atoms with Gasteiger partial charge in [-0.25, -0.2) is 4.98 Å². The van der Waals surface area contributed by atoms with E-state index in [2.05, 4.69) is 24.0 Å². The fourth-order valence-electron chi connectivity index (χ4n) is 2.68. The van der Waals surface area contributed by atoms with Gasteiger partial charge in [0.05, 0.1) is 19.4 Å². The van der Waals surface area contributed by atoms with Gasteiger partial charge in [0, 0.05) is 6.54 Å². The topological polar surface area (TPSA) is 36.4 Å². The molecule has 3 aromatic rings. The average Bonchev–Trinajstić information content (AvgIpc) is 3.23. The first-order valence-electron chi connectivity index (χ1n) is 8.59. The molecule has 0 saturated carbocycles. The van der Waals surface area contributed by atoms with Crippen molar-refractivity contribution in [3.8, 4) is 0 Å². The Morgan fingerprint density at radius 3 is 2.56 bits per heavy atom. The molecule has 146 valence electrons. The Hall–Kier alpha value is -1.18. The predicted molar refractivity (Wildman–Crippen MR) is 120 cm³/mol. The number of rotatable bonds is 7. The van der Waals surface area contributed by atoms with Gasteiger partial charge >= 0.3 is 0 Å². The molecule has 0 aliphatic heterocycles. The number of aryl methyl sites for hydroxylation is 1. The van der Waals surface area contributed by atoms with Crippen molar-refractivity contribution in [1.29, 1.82) is 0 Å². The molecule has 0 N–H and O–H groups in total. The lowest BCUT2D eigenvalue weighted by Gasteiger charge is -2.20. The maximum absolute atomic E-state index is 13.1. The molecule has 4 nitrogen and oxygen atoms in total. The van der Waals surface area contributed by atoms with Crippen LogP contribution < -0.4 is 4.90 Å². The summed E-state index contributed by atoms with van der Waals surface area (Å²) < 4.78 is 1.74. The largest absolute Gasteiger partial charge is 0.309 e. The highest BCUT2D eigenvalue weighted by molar-refractivity contribution is 7.22. The zero-order valence-electron chi connectivity index (χ0n) is 15.6. The standard InChI is InChI=1S/C19H22ClN3OS2.ClH/c1-4-13-6-7-14-16(12-13)26-19(21-14)23(11-5-10-22(2)3)18(24)15-8-9-17(20)25-15;/h6-9,12H,4-5,10-11H2,1-3H3;1H. The van der Waals surface area contributed by atoms with E-state index < -0.39 is 0 Å². The number of fused-ring (bicyclic) bond motifs is 1. The number of benzene rings is 1. The smallest absolute Gasteiger partial charge is 0.270 e. The van der Waals surface area contributed by atoms with Gasteiger partial charge in [-0.15, -0.1) is 23.7 Å². The third-order valence-electron chi connectivity index (χ3n) is 4.10. The molecule has 0 aliphatic carbocycles. The third-order valence-corrected chi connectivity index (χ3v) is 6.36. The summed E-state index contributed by atoms with van der Waals surface area (Å²) in [5.74, 6) is -0.0320. The number of anilines is 1. The Kier molecular flexibility index (Phi) is 8.06. The van der Waals surface area contributed by atoms with E-state index in [1.165, 1.54) is 16.9 Å². The number of aromatic nitrogens is 1. The fourth-order valence-corrected chi connectivity index (χ4v) is 4.73. The number of hydrogen-bond acceptors (Lipinski definition) is 5. The maximum atomic E-state index is 13.1. The number of carbonyl (C=O) groups is 1. The van der Waals surface area contributed by atoms with Gasteiger partial charge in [-0.1, -0.05) is 35.9 Å². The molecule has 0 spiro atoms. The van der Waals surface area contributed by atoms with E-state index in [9.17, 15) is 4.79 Å². The predicted octanol–water partition coefficient (Wildman–Crippen LogP) is 5.59. The van der Waals surface area contributed by atoms with Crippen LogP contribution in [0.3, 0.4) is 0 Å². The highest BCUT2D eigenvalue weighted by Crippen LogP contribution is 2.32. The summed E-state index contributed by atoms with van der Waals surface area (Å²) in [6, 6.07) is 9.86. The number of nitrogens with zero attached hydrogens (tertiary/aromatic N) is 3. The van der Waals surface area contributed by atoms with Gasteiger partial charge in [-0.3, -0.25) is 9.69 Å². The molecule has 0 unspecified atom stereocenters. The van der Waals surface area contributed by atoms with Crippen LogP contribution in [-0.4, -0.2) is 43.0 Å². The Morgan fingerprint density at radius 1 is 1.15 bits per heavy atom. The lowest BCUT2D eigenvalue weighted by Crippen LogP contribution is -2.32. The molecular weight excluding hydrogens is 421 g/mol. The summed E-state index contributed by atoms with van der Waals surface area (Å²) in [6.45, 7) is 3.69. The Balaban J connectivity index is 0.00000261. The van der Waals surface area contributed by atoms with E-state index in [0.29, 0.717) is 15.8 Å². The van der Waals surface area contributed by atoms with Gasteiger partial charge in [-0.2, -0.15) is 0 Å². The van der Waals surface area contributed by atoms with Gasteiger partial charge < -0.3 is 4.90 Å². The number of amides is 1. The lowest BCUT2D eigenvalue weighted by atomic mass is 10.2. The molecule has 1 amide bonds. The summed E-state index contributed by atoms with van der Waals surface area (Å²) in [4.78, 5) is 22.3. The summed E-state index contributed by atoms with van der Waals surface area (Å²) in [6.07, 6.45) is 1.87. The Labute approximate surface area is 179 Å². The number of halogens is 2. The molecule has 1 aromatic carbocycles. The second kappa shape index (κ2) is 9.85. The highest BCUT2D eigenvalue weighted by atomic mass is 35.5. The monoisotopic (exact) mass is 443 g/mol. The van der Waals surface area contributed by atoms with Gasteiger partial charge in [-0.05, 0) is 63.3 Å². The van der Waals surface area contributed by atoms with Crippen molar-refractivity contribution in [1.82, 2.24) is 9.88 Å². The van der Waals surface area contributed by atoms with E-state index in [1.54, 1.807) is 28.4 Å². The van der Waals surface area contributed by atoms with Gasteiger partial charge in [0.15, 0.2) is 5.13 Å². The highest BCUT2D eigenvalue weighted by Gasteiger charge is 2.22. The Bertz CT molecular complexity index is 907. The Morgan fingerprint density at radius 2 is 1.93 bits per heavy atom. The normalized spacial score (nSPS) is 11.0. The zero-order valence-corrected chi connectivity index (χ0v) is 18.8. The van der Waals surface area contributed by atoms with Crippen LogP contribution in [0.4, 0.5) is 5.13 Å². The molecule has 8 heteroatoms. The molecule has 27 heavy (non-hydrogen) atoms. The van der Waals surface area contributed by atoms with Crippen LogP contribution in [0.1, 0.15) is 28.6 Å². The summed E-state index contributed by atoms with van der Waals surface area (Å²) >= 11 is 8.91. The minimum absolute atomic E-state index is 0. The molecule has 2 aromatic heterocycles. The first kappa shape index (κ1) is 22.1. The summed E-state index contributed by atoms with van der Waals surface area (Å²) in [5, 5.41) is 0.751. The molecular formula is C19H23Cl2N3OS2. The van der Waals surface area contributed by atoms with E-state index in [1.807, 2.05) is 20.2 Å². The second-order valence-electron chi connectivity index (χ2n) is 6.37. The quantitative estimate of drug-likeness (QED) is 0.476. The second-order valence-corrected chi connectivity index (χ2v) is 9.09. The van der Waals surface area contributed by atoms with Crippen LogP contribution in [0.2, 0.25) is 4.34 Å². The van der Waals surface area contributed by atoms with Crippen molar-refractivity contribution in [2.75, 3.05) is 32.1 Å². The number of thiazole rings is 1. The zero-order chi connectivity index (χ0) is 18.7. The van der Waals surface area contributed by atoms with E-state index in [-0.39, 0.29) is 18.3 Å². The molecule has 0 saturated heterocycles. The molecule has 0 fully saturated rings. The van der Waals surface area contributed by atoms with Gasteiger partial charge in [0.1, 0.15) is 0 Å². The van der Waals surface area contributed by atoms with Crippen LogP contribution in [0.25, 0.3) is 10.2 Å². The number of carbonyl (C=O) groups excluding carboxylic acids is 1. The first-order chi connectivity index (χ1) is 12.5. The molecule has 0 radical (unpaired) electrons. The van der Waals surface area contributed by atoms with Crippen molar-refractivity contribution in [3.05, 3.63) is 45.1 Å². The van der Waals surface area contributed by atoms with Gasteiger partial charge in [0.2, 0.25) is 0 Å².